The highest BCUT2D eigenvalue weighted by Gasteiger charge is 2.31. The van der Waals surface area contributed by atoms with Crippen molar-refractivity contribution < 1.29 is 18.7 Å². The number of piperazine rings is 1. The normalized spacial score (nSPS) is 14.7. The van der Waals surface area contributed by atoms with Gasteiger partial charge in [0.1, 0.15) is 18.4 Å². The summed E-state index contributed by atoms with van der Waals surface area (Å²) in [6, 6.07) is 11.1. The van der Waals surface area contributed by atoms with E-state index >= 15 is 0 Å². The molecule has 0 radical (unpaired) electrons. The summed E-state index contributed by atoms with van der Waals surface area (Å²) in [6.07, 6.45) is 4.67. The zero-order valence-corrected chi connectivity index (χ0v) is 23.1. The molecule has 0 unspecified atom stereocenters. The Kier molecular flexibility index (Phi) is 7.42. The van der Waals surface area contributed by atoms with Crippen LogP contribution in [0.25, 0.3) is 28.3 Å². The van der Waals surface area contributed by atoms with Gasteiger partial charge in [-0.25, -0.2) is 9.67 Å². The molecule has 0 bridgehead atoms. The molecule has 41 heavy (non-hydrogen) atoms. The van der Waals surface area contributed by atoms with Crippen LogP contribution < -0.4 is 15.4 Å². The van der Waals surface area contributed by atoms with Gasteiger partial charge in [-0.05, 0) is 42.8 Å². The number of nitrogens with zero attached hydrogens (tertiary/aromatic N) is 8. The smallest absolute Gasteiger partial charge is 0.247 e. The molecule has 5 aromatic rings. The molecule has 0 spiro atoms. The van der Waals surface area contributed by atoms with E-state index in [9.17, 15) is 4.79 Å². The van der Waals surface area contributed by atoms with Crippen molar-refractivity contribution in [2.24, 2.45) is 0 Å². The fraction of sp³-hybridized carbons (Fsp3) is 0.393. The van der Waals surface area contributed by atoms with Crippen molar-refractivity contribution in [1.29, 1.82) is 0 Å². The number of methoxy groups -OCH3 is 1. The molecular weight excluding hydrogens is 526 g/mol. The minimum Gasteiger partial charge on any atom is -0.491 e. The zero-order valence-electron chi connectivity index (χ0n) is 23.1. The van der Waals surface area contributed by atoms with Gasteiger partial charge in [0.25, 0.3) is 0 Å². The highest BCUT2D eigenvalue weighted by atomic mass is 16.5. The third-order valence-electron chi connectivity index (χ3n) is 7.29. The lowest BCUT2D eigenvalue weighted by Gasteiger charge is -2.37. The van der Waals surface area contributed by atoms with Crippen molar-refractivity contribution >= 4 is 34.2 Å². The molecule has 2 N–H and O–H groups in total. The molecule has 0 aliphatic carbocycles. The number of hydrogen-bond acceptors (Lipinski definition) is 10. The average Bonchev–Trinajstić information content (AvgIpc) is 3.77. The van der Waals surface area contributed by atoms with E-state index < -0.39 is 6.04 Å². The monoisotopic (exact) mass is 559 g/mol. The first-order valence-electron chi connectivity index (χ1n) is 13.8. The molecule has 13 nitrogen and oxygen atoms in total. The standard InChI is InChI=1S/C28H33N9O4/c1-3-5-22(27(38)35-13-11-34(12-14-35)19-7-9-20(10-8-19)40-17-16-39-2)36-26-21(18-30-36)25-31-24(23-6-4-15-41-23)33-37(25)28(29)32-26/h4,6-10,15,18,22H,3,5,11-14,16-17H2,1-2H3,(H2,29,32)/t22-/m1/s1. The lowest BCUT2D eigenvalue weighted by atomic mass is 10.1. The fourth-order valence-electron chi connectivity index (χ4n) is 5.18. The quantitative estimate of drug-likeness (QED) is 0.254. The Balaban J connectivity index is 1.19. The van der Waals surface area contributed by atoms with Crippen molar-refractivity contribution in [2.75, 3.05) is 57.1 Å². The molecule has 6 rings (SSSR count). The summed E-state index contributed by atoms with van der Waals surface area (Å²) in [4.78, 5) is 27.3. The van der Waals surface area contributed by atoms with Crippen molar-refractivity contribution in [3.8, 4) is 17.3 Å². The Bertz CT molecular complexity index is 1620. The number of nitrogen functional groups attached to an aromatic ring is 1. The summed E-state index contributed by atoms with van der Waals surface area (Å²) >= 11 is 0. The number of hydrogen-bond donors (Lipinski definition) is 1. The van der Waals surface area contributed by atoms with Gasteiger partial charge in [0.15, 0.2) is 17.1 Å². The maximum atomic E-state index is 13.9. The summed E-state index contributed by atoms with van der Waals surface area (Å²) in [6.45, 7) is 5.80. The maximum absolute atomic E-state index is 13.9. The van der Waals surface area contributed by atoms with Crippen LogP contribution in [0.4, 0.5) is 11.6 Å². The van der Waals surface area contributed by atoms with Gasteiger partial charge in [-0.3, -0.25) is 4.79 Å². The minimum absolute atomic E-state index is 0.0244. The van der Waals surface area contributed by atoms with E-state index in [1.54, 1.807) is 36.4 Å². The van der Waals surface area contributed by atoms with Gasteiger partial charge < -0.3 is 29.4 Å². The van der Waals surface area contributed by atoms with E-state index in [0.717, 1.165) is 30.9 Å². The van der Waals surface area contributed by atoms with Crippen LogP contribution in [0.2, 0.25) is 0 Å². The predicted molar refractivity (Wildman–Crippen MR) is 153 cm³/mol. The molecule has 13 heteroatoms. The van der Waals surface area contributed by atoms with Crippen LogP contribution in [0.5, 0.6) is 5.75 Å². The SMILES string of the molecule is CCC[C@H](C(=O)N1CCN(c2ccc(OCCOC)cc2)CC1)n1ncc2c1nc(N)n1nc(-c3ccco3)nc21. The van der Waals surface area contributed by atoms with E-state index in [0.29, 0.717) is 61.0 Å². The first-order chi connectivity index (χ1) is 20.1. The van der Waals surface area contributed by atoms with Crippen LogP contribution in [0.3, 0.4) is 0 Å². The van der Waals surface area contributed by atoms with E-state index in [4.69, 9.17) is 19.6 Å². The Morgan fingerprint density at radius 2 is 1.88 bits per heavy atom. The van der Waals surface area contributed by atoms with Gasteiger partial charge >= 0.3 is 0 Å². The van der Waals surface area contributed by atoms with Crippen LogP contribution in [-0.2, 0) is 9.53 Å². The molecule has 4 aromatic heterocycles. The molecule has 1 saturated heterocycles. The molecule has 214 valence electrons. The molecule has 1 fully saturated rings. The summed E-state index contributed by atoms with van der Waals surface area (Å²) in [5.41, 5.74) is 8.40. The number of amides is 1. The number of aromatic nitrogens is 6. The Hall–Kier alpha value is -4.65. The molecule has 1 aliphatic rings. The summed E-state index contributed by atoms with van der Waals surface area (Å²) in [5.74, 6) is 1.92. The average molecular weight is 560 g/mol. The second kappa shape index (κ2) is 11.5. The summed E-state index contributed by atoms with van der Waals surface area (Å²) < 4.78 is 19.3. The lowest BCUT2D eigenvalue weighted by molar-refractivity contribution is -0.135. The maximum Gasteiger partial charge on any atom is 0.247 e. The van der Waals surface area contributed by atoms with Gasteiger partial charge in [0.05, 0.1) is 24.5 Å². The number of carbonyl (C=O) groups excluding carboxylic acids is 1. The topological polar surface area (TPSA) is 142 Å². The summed E-state index contributed by atoms with van der Waals surface area (Å²) in [7, 11) is 1.65. The minimum atomic E-state index is -0.505. The van der Waals surface area contributed by atoms with Crippen LogP contribution in [0, 0.1) is 0 Å². The molecule has 1 atom stereocenters. The molecular formula is C28H33N9O4. The fourth-order valence-corrected chi connectivity index (χ4v) is 5.18. The van der Waals surface area contributed by atoms with Gasteiger partial charge in [0, 0.05) is 39.0 Å². The summed E-state index contributed by atoms with van der Waals surface area (Å²) in [5, 5.41) is 9.72. The largest absolute Gasteiger partial charge is 0.491 e. The van der Waals surface area contributed by atoms with E-state index in [-0.39, 0.29) is 11.9 Å². The van der Waals surface area contributed by atoms with Crippen LogP contribution in [0.15, 0.2) is 53.3 Å². The molecule has 5 heterocycles. The van der Waals surface area contributed by atoms with Gasteiger partial charge in [-0.2, -0.15) is 14.6 Å². The second-order valence-electron chi connectivity index (χ2n) is 9.90. The number of furan rings is 1. The van der Waals surface area contributed by atoms with Gasteiger partial charge in [-0.1, -0.05) is 13.3 Å². The van der Waals surface area contributed by atoms with Crippen molar-refractivity contribution in [2.45, 2.75) is 25.8 Å². The Morgan fingerprint density at radius 1 is 1.07 bits per heavy atom. The van der Waals surface area contributed by atoms with E-state index in [1.165, 1.54) is 4.52 Å². The molecule has 1 aromatic carbocycles. The van der Waals surface area contributed by atoms with Crippen molar-refractivity contribution in [3.05, 3.63) is 48.9 Å². The number of carbonyl (C=O) groups is 1. The van der Waals surface area contributed by atoms with Crippen LogP contribution >= 0.6 is 0 Å². The molecule has 1 amide bonds. The highest BCUT2D eigenvalue weighted by Crippen LogP contribution is 2.28. The number of fused-ring (bicyclic) bond motifs is 3. The zero-order chi connectivity index (χ0) is 28.3. The first kappa shape index (κ1) is 26.6. The second-order valence-corrected chi connectivity index (χ2v) is 9.90. The van der Waals surface area contributed by atoms with E-state index in [2.05, 4.69) is 32.0 Å². The first-order valence-corrected chi connectivity index (χ1v) is 13.8. The lowest BCUT2D eigenvalue weighted by Crippen LogP contribution is -2.50. The highest BCUT2D eigenvalue weighted by molar-refractivity contribution is 5.92. The number of anilines is 2. The number of rotatable bonds is 10. The van der Waals surface area contributed by atoms with Crippen molar-refractivity contribution in [1.82, 2.24) is 34.3 Å². The van der Waals surface area contributed by atoms with Crippen molar-refractivity contribution in [3.63, 3.8) is 0 Å². The third kappa shape index (κ3) is 5.15. The van der Waals surface area contributed by atoms with Gasteiger partial charge in [-0.15, -0.1) is 5.10 Å². The van der Waals surface area contributed by atoms with Crippen LogP contribution in [0.1, 0.15) is 25.8 Å². The number of nitrogens with two attached hydrogens (primary N) is 1. The van der Waals surface area contributed by atoms with Gasteiger partial charge in [0.2, 0.25) is 17.7 Å². The molecule has 1 aliphatic heterocycles. The Labute approximate surface area is 236 Å². The molecule has 0 saturated carbocycles. The predicted octanol–water partition coefficient (Wildman–Crippen LogP) is 3.03. The number of ether oxygens (including phenoxy) is 2. The third-order valence-corrected chi connectivity index (χ3v) is 7.29. The van der Waals surface area contributed by atoms with Crippen LogP contribution in [-0.4, -0.2) is 86.7 Å². The van der Waals surface area contributed by atoms with E-state index in [1.807, 2.05) is 29.2 Å². The number of benzene rings is 1. The Morgan fingerprint density at radius 3 is 2.59 bits per heavy atom.